The van der Waals surface area contributed by atoms with Gasteiger partial charge in [-0.2, -0.15) is 0 Å². The SMILES string of the molecule is COCCOCCOCCOc1ccc(F)cc1CCN. The molecule has 0 aromatic heterocycles. The van der Waals surface area contributed by atoms with Gasteiger partial charge in [0.15, 0.2) is 0 Å². The number of hydrogen-bond acceptors (Lipinski definition) is 5. The Morgan fingerprint density at radius 1 is 1.00 bits per heavy atom. The van der Waals surface area contributed by atoms with E-state index in [1.807, 2.05) is 0 Å². The summed E-state index contributed by atoms with van der Waals surface area (Å²) in [4.78, 5) is 0. The highest BCUT2D eigenvalue weighted by molar-refractivity contribution is 5.34. The first-order valence-corrected chi connectivity index (χ1v) is 7.03. The van der Waals surface area contributed by atoms with Crippen LogP contribution in [0.4, 0.5) is 4.39 Å². The molecule has 6 heteroatoms. The number of methoxy groups -OCH3 is 1. The summed E-state index contributed by atoms with van der Waals surface area (Å²) in [6, 6.07) is 4.45. The quantitative estimate of drug-likeness (QED) is 0.591. The topological polar surface area (TPSA) is 62.9 Å². The zero-order valence-electron chi connectivity index (χ0n) is 12.5. The fourth-order valence-corrected chi connectivity index (χ4v) is 1.71. The summed E-state index contributed by atoms with van der Waals surface area (Å²) in [6.45, 7) is 3.49. The van der Waals surface area contributed by atoms with E-state index in [1.54, 1.807) is 13.2 Å². The lowest BCUT2D eigenvalue weighted by Crippen LogP contribution is -2.13. The molecule has 1 aromatic carbocycles. The van der Waals surface area contributed by atoms with E-state index in [-0.39, 0.29) is 5.82 Å². The fraction of sp³-hybridized carbons (Fsp3) is 0.600. The van der Waals surface area contributed by atoms with Crippen molar-refractivity contribution in [1.82, 2.24) is 0 Å². The van der Waals surface area contributed by atoms with Gasteiger partial charge in [-0.05, 0) is 36.7 Å². The molecule has 0 aliphatic carbocycles. The van der Waals surface area contributed by atoms with Crippen LogP contribution in [0.15, 0.2) is 18.2 Å². The van der Waals surface area contributed by atoms with Crippen LogP contribution in [0.2, 0.25) is 0 Å². The van der Waals surface area contributed by atoms with Gasteiger partial charge in [0.05, 0.1) is 33.0 Å². The van der Waals surface area contributed by atoms with E-state index in [4.69, 9.17) is 24.7 Å². The lowest BCUT2D eigenvalue weighted by Gasteiger charge is -2.11. The summed E-state index contributed by atoms with van der Waals surface area (Å²) in [5, 5.41) is 0. The van der Waals surface area contributed by atoms with Gasteiger partial charge in [-0.15, -0.1) is 0 Å². The molecule has 0 radical (unpaired) electrons. The van der Waals surface area contributed by atoms with Crippen molar-refractivity contribution in [1.29, 1.82) is 0 Å². The summed E-state index contributed by atoms with van der Waals surface area (Å²) in [6.07, 6.45) is 0.585. The zero-order chi connectivity index (χ0) is 15.3. The third kappa shape index (κ3) is 7.96. The van der Waals surface area contributed by atoms with Crippen LogP contribution in [0.25, 0.3) is 0 Å². The van der Waals surface area contributed by atoms with Crippen LogP contribution in [0.5, 0.6) is 5.75 Å². The summed E-state index contributed by atoms with van der Waals surface area (Å²) in [5.74, 6) is 0.372. The summed E-state index contributed by atoms with van der Waals surface area (Å²) < 4.78 is 34.2. The van der Waals surface area contributed by atoms with Gasteiger partial charge in [0.2, 0.25) is 0 Å². The van der Waals surface area contributed by atoms with Gasteiger partial charge in [-0.25, -0.2) is 4.39 Å². The molecule has 0 aliphatic rings. The molecule has 0 bridgehead atoms. The van der Waals surface area contributed by atoms with Crippen molar-refractivity contribution in [3.05, 3.63) is 29.6 Å². The Kier molecular flexibility index (Phi) is 9.73. The van der Waals surface area contributed by atoms with Gasteiger partial charge in [0.25, 0.3) is 0 Å². The number of benzene rings is 1. The van der Waals surface area contributed by atoms with E-state index in [2.05, 4.69) is 0 Å². The summed E-state index contributed by atoms with van der Waals surface area (Å²) in [5.41, 5.74) is 6.28. The van der Waals surface area contributed by atoms with Crippen molar-refractivity contribution < 1.29 is 23.3 Å². The molecule has 0 fully saturated rings. The minimum atomic E-state index is -0.282. The van der Waals surface area contributed by atoms with Gasteiger partial charge in [-0.1, -0.05) is 0 Å². The molecule has 0 amide bonds. The highest BCUT2D eigenvalue weighted by Gasteiger charge is 2.04. The standard InChI is InChI=1S/C15H24FNO4/c1-18-6-7-19-8-9-20-10-11-21-15-3-2-14(16)12-13(15)4-5-17/h2-3,12H,4-11,17H2,1H3. The highest BCUT2D eigenvalue weighted by atomic mass is 19.1. The minimum Gasteiger partial charge on any atom is -0.491 e. The smallest absolute Gasteiger partial charge is 0.123 e. The summed E-state index contributed by atoms with van der Waals surface area (Å²) >= 11 is 0. The van der Waals surface area contributed by atoms with Crippen molar-refractivity contribution in [2.24, 2.45) is 5.73 Å². The van der Waals surface area contributed by atoms with Gasteiger partial charge in [0.1, 0.15) is 18.2 Å². The Morgan fingerprint density at radius 3 is 2.33 bits per heavy atom. The zero-order valence-corrected chi connectivity index (χ0v) is 12.5. The number of ether oxygens (including phenoxy) is 4. The van der Waals surface area contributed by atoms with Crippen LogP contribution >= 0.6 is 0 Å². The second-order valence-corrected chi connectivity index (χ2v) is 4.36. The first kappa shape index (κ1) is 17.8. The first-order chi connectivity index (χ1) is 10.3. The number of hydrogen-bond donors (Lipinski definition) is 1. The molecule has 0 atom stereocenters. The maximum atomic E-state index is 13.1. The Hall–Kier alpha value is -1.21. The van der Waals surface area contributed by atoms with Crippen molar-refractivity contribution in [2.75, 3.05) is 53.3 Å². The molecule has 21 heavy (non-hydrogen) atoms. The highest BCUT2D eigenvalue weighted by Crippen LogP contribution is 2.19. The Bertz CT molecular complexity index is 390. The molecule has 2 N–H and O–H groups in total. The van der Waals surface area contributed by atoms with Crippen molar-refractivity contribution in [2.45, 2.75) is 6.42 Å². The molecule has 1 rings (SSSR count). The van der Waals surface area contributed by atoms with Crippen LogP contribution in [-0.2, 0) is 20.6 Å². The third-order valence-electron chi connectivity index (χ3n) is 2.73. The van der Waals surface area contributed by atoms with Crippen molar-refractivity contribution >= 4 is 0 Å². The van der Waals surface area contributed by atoms with Gasteiger partial charge >= 0.3 is 0 Å². The average molecular weight is 301 g/mol. The molecule has 0 spiro atoms. The molecule has 1 aromatic rings. The van der Waals surface area contributed by atoms with Crippen LogP contribution < -0.4 is 10.5 Å². The average Bonchev–Trinajstić information content (AvgIpc) is 2.48. The maximum Gasteiger partial charge on any atom is 0.123 e. The third-order valence-corrected chi connectivity index (χ3v) is 2.73. The van der Waals surface area contributed by atoms with Gasteiger partial charge in [-0.3, -0.25) is 0 Å². The molecule has 0 saturated heterocycles. The minimum absolute atomic E-state index is 0.282. The number of nitrogens with two attached hydrogens (primary N) is 1. The summed E-state index contributed by atoms with van der Waals surface area (Å²) in [7, 11) is 1.63. The largest absolute Gasteiger partial charge is 0.491 e. The predicted molar refractivity (Wildman–Crippen MR) is 78.2 cm³/mol. The van der Waals surface area contributed by atoms with E-state index in [1.165, 1.54) is 12.1 Å². The van der Waals surface area contributed by atoms with E-state index in [0.717, 1.165) is 5.56 Å². The predicted octanol–water partition coefficient (Wildman–Crippen LogP) is 1.39. The monoisotopic (exact) mass is 301 g/mol. The molecule has 0 heterocycles. The number of halogens is 1. The first-order valence-electron chi connectivity index (χ1n) is 7.03. The van der Waals surface area contributed by atoms with Crippen LogP contribution in [0.1, 0.15) is 5.56 Å². The Morgan fingerprint density at radius 2 is 1.67 bits per heavy atom. The molecule has 0 saturated carbocycles. The molecule has 0 aliphatic heterocycles. The van der Waals surface area contributed by atoms with Crippen LogP contribution in [0, 0.1) is 5.82 Å². The normalized spacial score (nSPS) is 10.8. The molecule has 5 nitrogen and oxygen atoms in total. The van der Waals surface area contributed by atoms with Gasteiger partial charge in [0, 0.05) is 7.11 Å². The Labute approximate surface area is 125 Å². The molecular formula is C15H24FNO4. The number of rotatable bonds is 12. The van der Waals surface area contributed by atoms with Crippen molar-refractivity contribution in [3.63, 3.8) is 0 Å². The maximum absolute atomic E-state index is 13.1. The molecule has 0 unspecified atom stereocenters. The van der Waals surface area contributed by atoms with E-state index < -0.39 is 0 Å². The van der Waals surface area contributed by atoms with Gasteiger partial charge < -0.3 is 24.7 Å². The van der Waals surface area contributed by atoms with Crippen LogP contribution in [-0.4, -0.2) is 53.3 Å². The molecular weight excluding hydrogens is 277 g/mol. The van der Waals surface area contributed by atoms with E-state index >= 15 is 0 Å². The van der Waals surface area contributed by atoms with Crippen molar-refractivity contribution in [3.8, 4) is 5.75 Å². The van der Waals surface area contributed by atoms with E-state index in [9.17, 15) is 4.39 Å². The van der Waals surface area contributed by atoms with Crippen LogP contribution in [0.3, 0.4) is 0 Å². The lowest BCUT2D eigenvalue weighted by molar-refractivity contribution is 0.0179. The second-order valence-electron chi connectivity index (χ2n) is 4.36. The lowest BCUT2D eigenvalue weighted by atomic mass is 10.1. The Balaban J connectivity index is 2.15. The fourth-order valence-electron chi connectivity index (χ4n) is 1.71. The second kappa shape index (κ2) is 11.4. The van der Waals surface area contributed by atoms with E-state index in [0.29, 0.717) is 58.4 Å². The molecule has 120 valence electrons.